The van der Waals surface area contributed by atoms with E-state index in [2.05, 4.69) is 31.5 Å². The number of nitrogens with zero attached hydrogens (tertiary/aromatic N) is 1. The van der Waals surface area contributed by atoms with Gasteiger partial charge in [-0.25, -0.2) is 4.98 Å². The smallest absolute Gasteiger partial charge is 0.0962 e. The summed E-state index contributed by atoms with van der Waals surface area (Å²) in [5.74, 6) is 0.652. The standard InChI is InChI=1S/C12H17NS/c1-4-7-10(2)11(3)14-12-8-5-6-9-13-12/h4-6,8-11H,1,7H2,2-3H3/t10-,11+/m0/s1. The molecule has 0 N–H and O–H groups in total. The topological polar surface area (TPSA) is 12.9 Å². The van der Waals surface area contributed by atoms with Gasteiger partial charge in [0.25, 0.3) is 0 Å². The first-order valence-corrected chi connectivity index (χ1v) is 5.80. The fraction of sp³-hybridized carbons (Fsp3) is 0.417. The number of hydrogen-bond acceptors (Lipinski definition) is 2. The molecule has 1 aromatic heterocycles. The van der Waals surface area contributed by atoms with E-state index in [4.69, 9.17) is 0 Å². The molecule has 0 saturated heterocycles. The van der Waals surface area contributed by atoms with E-state index in [1.54, 1.807) is 0 Å². The Labute approximate surface area is 90.6 Å². The van der Waals surface area contributed by atoms with E-state index >= 15 is 0 Å². The lowest BCUT2D eigenvalue weighted by Gasteiger charge is -2.17. The summed E-state index contributed by atoms with van der Waals surface area (Å²) in [5.41, 5.74) is 0. The Bertz CT molecular complexity index is 271. The summed E-state index contributed by atoms with van der Waals surface area (Å²) in [6.07, 6.45) is 4.90. The third kappa shape index (κ3) is 3.54. The van der Waals surface area contributed by atoms with E-state index in [-0.39, 0.29) is 0 Å². The molecular weight excluding hydrogens is 190 g/mol. The molecule has 1 rings (SSSR count). The number of thioether (sulfide) groups is 1. The Hall–Kier alpha value is -0.760. The molecule has 0 spiro atoms. The average molecular weight is 207 g/mol. The molecule has 76 valence electrons. The van der Waals surface area contributed by atoms with E-state index in [0.717, 1.165) is 11.4 Å². The van der Waals surface area contributed by atoms with Crippen molar-refractivity contribution in [2.24, 2.45) is 5.92 Å². The molecule has 0 aliphatic rings. The molecule has 0 aliphatic heterocycles. The van der Waals surface area contributed by atoms with Gasteiger partial charge < -0.3 is 0 Å². The molecule has 0 saturated carbocycles. The van der Waals surface area contributed by atoms with E-state index in [1.165, 1.54) is 0 Å². The zero-order valence-corrected chi connectivity index (χ0v) is 9.63. The predicted octanol–water partition coefficient (Wildman–Crippen LogP) is 3.77. The van der Waals surface area contributed by atoms with Crippen LogP contribution in [0.3, 0.4) is 0 Å². The maximum absolute atomic E-state index is 4.30. The SMILES string of the molecule is C=CC[C@H](C)[C@@H](C)Sc1ccccn1. The molecule has 0 fully saturated rings. The van der Waals surface area contributed by atoms with Crippen molar-refractivity contribution in [2.75, 3.05) is 0 Å². The van der Waals surface area contributed by atoms with Crippen molar-refractivity contribution in [1.29, 1.82) is 0 Å². The van der Waals surface area contributed by atoms with Crippen molar-refractivity contribution in [3.63, 3.8) is 0 Å². The third-order valence-corrected chi connectivity index (χ3v) is 3.60. The Morgan fingerprint density at radius 2 is 2.29 bits per heavy atom. The highest BCUT2D eigenvalue weighted by Gasteiger charge is 2.12. The summed E-state index contributed by atoms with van der Waals surface area (Å²) in [6.45, 7) is 8.26. The van der Waals surface area contributed by atoms with Gasteiger partial charge in [-0.05, 0) is 24.5 Å². The lowest BCUT2D eigenvalue weighted by Crippen LogP contribution is -2.09. The Kier molecular flexibility index (Phi) is 4.74. The van der Waals surface area contributed by atoms with Gasteiger partial charge in [-0.15, -0.1) is 18.3 Å². The van der Waals surface area contributed by atoms with Gasteiger partial charge in [-0.1, -0.05) is 26.0 Å². The summed E-state index contributed by atoms with van der Waals surface area (Å²) < 4.78 is 0. The van der Waals surface area contributed by atoms with Gasteiger partial charge in [0, 0.05) is 11.4 Å². The predicted molar refractivity (Wildman–Crippen MR) is 63.5 cm³/mol. The molecule has 0 radical (unpaired) electrons. The Balaban J connectivity index is 2.48. The second-order valence-corrected chi connectivity index (χ2v) is 4.89. The van der Waals surface area contributed by atoms with Crippen LogP contribution in [-0.4, -0.2) is 10.2 Å². The summed E-state index contributed by atoms with van der Waals surface area (Å²) >= 11 is 1.83. The summed E-state index contributed by atoms with van der Waals surface area (Å²) in [6, 6.07) is 6.03. The molecule has 0 amide bonds. The Morgan fingerprint density at radius 1 is 1.50 bits per heavy atom. The molecule has 0 aromatic carbocycles. The first-order valence-electron chi connectivity index (χ1n) is 4.92. The van der Waals surface area contributed by atoms with Crippen LogP contribution < -0.4 is 0 Å². The van der Waals surface area contributed by atoms with Gasteiger partial charge in [0.1, 0.15) is 0 Å². The molecule has 0 bridgehead atoms. The second-order valence-electron chi connectivity index (χ2n) is 3.49. The molecule has 2 heteroatoms. The van der Waals surface area contributed by atoms with Gasteiger partial charge in [0.15, 0.2) is 0 Å². The number of hydrogen-bond donors (Lipinski definition) is 0. The zero-order chi connectivity index (χ0) is 10.4. The van der Waals surface area contributed by atoms with Crippen molar-refractivity contribution in [1.82, 2.24) is 4.98 Å². The van der Waals surface area contributed by atoms with E-state index in [9.17, 15) is 0 Å². The third-order valence-electron chi connectivity index (χ3n) is 2.28. The average Bonchev–Trinajstić information content (AvgIpc) is 2.19. The molecule has 14 heavy (non-hydrogen) atoms. The molecule has 1 heterocycles. The van der Waals surface area contributed by atoms with Crippen LogP contribution in [0.1, 0.15) is 20.3 Å². The highest BCUT2D eigenvalue weighted by molar-refractivity contribution is 7.99. The van der Waals surface area contributed by atoms with Gasteiger partial charge in [0.2, 0.25) is 0 Å². The minimum Gasteiger partial charge on any atom is -0.250 e. The van der Waals surface area contributed by atoms with Gasteiger partial charge in [-0.2, -0.15) is 0 Å². The fourth-order valence-electron chi connectivity index (χ4n) is 1.18. The Morgan fingerprint density at radius 3 is 2.86 bits per heavy atom. The number of rotatable bonds is 5. The number of allylic oxidation sites excluding steroid dienone is 1. The highest BCUT2D eigenvalue weighted by atomic mass is 32.2. The monoisotopic (exact) mass is 207 g/mol. The van der Waals surface area contributed by atoms with E-state index in [1.807, 2.05) is 36.2 Å². The van der Waals surface area contributed by atoms with Crippen LogP contribution in [0.25, 0.3) is 0 Å². The fourth-order valence-corrected chi connectivity index (χ4v) is 2.18. The first-order chi connectivity index (χ1) is 6.74. The molecular formula is C12H17NS. The van der Waals surface area contributed by atoms with Crippen molar-refractivity contribution >= 4 is 11.8 Å². The van der Waals surface area contributed by atoms with Crippen LogP contribution in [0.2, 0.25) is 0 Å². The van der Waals surface area contributed by atoms with Crippen LogP contribution in [0.15, 0.2) is 42.1 Å². The lowest BCUT2D eigenvalue weighted by atomic mass is 10.1. The molecule has 0 unspecified atom stereocenters. The maximum Gasteiger partial charge on any atom is 0.0962 e. The van der Waals surface area contributed by atoms with Gasteiger partial charge >= 0.3 is 0 Å². The summed E-state index contributed by atoms with van der Waals surface area (Å²) in [5, 5.41) is 1.69. The second kappa shape index (κ2) is 5.86. The van der Waals surface area contributed by atoms with Crippen LogP contribution >= 0.6 is 11.8 Å². The van der Waals surface area contributed by atoms with Crippen LogP contribution in [0.4, 0.5) is 0 Å². The lowest BCUT2D eigenvalue weighted by molar-refractivity contribution is 0.586. The first kappa shape index (κ1) is 11.3. The van der Waals surface area contributed by atoms with Gasteiger partial charge in [-0.3, -0.25) is 0 Å². The van der Waals surface area contributed by atoms with E-state index in [0.29, 0.717) is 11.2 Å². The normalized spacial score (nSPS) is 14.7. The minimum absolute atomic E-state index is 0.586. The molecule has 1 nitrogen and oxygen atoms in total. The van der Waals surface area contributed by atoms with Crippen LogP contribution in [0, 0.1) is 5.92 Å². The zero-order valence-electron chi connectivity index (χ0n) is 8.81. The maximum atomic E-state index is 4.30. The van der Waals surface area contributed by atoms with Crippen LogP contribution in [0.5, 0.6) is 0 Å². The van der Waals surface area contributed by atoms with Gasteiger partial charge in [0.05, 0.1) is 5.03 Å². The van der Waals surface area contributed by atoms with Crippen LogP contribution in [-0.2, 0) is 0 Å². The van der Waals surface area contributed by atoms with Crippen molar-refractivity contribution in [3.8, 4) is 0 Å². The highest BCUT2D eigenvalue weighted by Crippen LogP contribution is 2.27. The molecule has 1 aromatic rings. The number of aromatic nitrogens is 1. The molecule has 0 aliphatic carbocycles. The van der Waals surface area contributed by atoms with Crippen molar-refractivity contribution in [2.45, 2.75) is 30.5 Å². The molecule has 2 atom stereocenters. The van der Waals surface area contributed by atoms with Crippen molar-refractivity contribution < 1.29 is 0 Å². The summed E-state index contributed by atoms with van der Waals surface area (Å²) in [4.78, 5) is 4.30. The number of pyridine rings is 1. The van der Waals surface area contributed by atoms with Crippen molar-refractivity contribution in [3.05, 3.63) is 37.1 Å². The quantitative estimate of drug-likeness (QED) is 0.538. The summed E-state index contributed by atoms with van der Waals surface area (Å²) in [7, 11) is 0. The van der Waals surface area contributed by atoms with E-state index < -0.39 is 0 Å². The largest absolute Gasteiger partial charge is 0.250 e. The minimum atomic E-state index is 0.586.